The number of carboxylic acids is 1. The Morgan fingerprint density at radius 3 is 3.00 bits per heavy atom. The molecule has 0 bridgehead atoms. The number of nitrogens with one attached hydrogen (secondary N) is 1. The summed E-state index contributed by atoms with van der Waals surface area (Å²) in [7, 11) is 0. The molecule has 2 aliphatic heterocycles. The molecule has 0 amide bonds. The van der Waals surface area contributed by atoms with Crippen LogP contribution in [0.2, 0.25) is 0 Å². The highest BCUT2D eigenvalue weighted by atomic mass is 16.4. The van der Waals surface area contributed by atoms with Gasteiger partial charge in [0.15, 0.2) is 0 Å². The second-order valence-electron chi connectivity index (χ2n) is 4.03. The van der Waals surface area contributed by atoms with Crippen molar-refractivity contribution in [3.05, 3.63) is 24.4 Å². The van der Waals surface area contributed by atoms with Crippen LogP contribution < -0.4 is 5.32 Å². The highest BCUT2D eigenvalue weighted by Gasteiger charge is 2.28. The number of nitrogens with zero attached hydrogens (tertiary/aromatic N) is 1. The minimum Gasteiger partial charge on any atom is -0.481 e. The van der Waals surface area contributed by atoms with Crippen LogP contribution in [-0.2, 0) is 4.79 Å². The summed E-state index contributed by atoms with van der Waals surface area (Å²) in [5, 5.41) is 12.2. The average Bonchev–Trinajstić information content (AvgIpc) is 2.30. The highest BCUT2D eigenvalue weighted by molar-refractivity contribution is 5.70. The third-order valence-electron chi connectivity index (χ3n) is 2.96. The van der Waals surface area contributed by atoms with E-state index < -0.39 is 5.97 Å². The summed E-state index contributed by atoms with van der Waals surface area (Å²) in [5.41, 5.74) is 0. The lowest BCUT2D eigenvalue weighted by molar-refractivity contribution is -0.143. The van der Waals surface area contributed by atoms with Crippen LogP contribution in [0, 0.1) is 5.92 Å². The van der Waals surface area contributed by atoms with Gasteiger partial charge < -0.3 is 10.4 Å². The Morgan fingerprint density at radius 2 is 2.33 bits per heavy atom. The zero-order valence-electron chi connectivity index (χ0n) is 8.60. The maximum absolute atomic E-state index is 10.9. The molecule has 0 aromatic heterocycles. The number of hydrogen-bond donors (Lipinski definition) is 2. The van der Waals surface area contributed by atoms with Gasteiger partial charge in [0.1, 0.15) is 0 Å². The summed E-state index contributed by atoms with van der Waals surface area (Å²) < 4.78 is 0. The summed E-state index contributed by atoms with van der Waals surface area (Å²) in [6.07, 6.45) is 9.82. The van der Waals surface area contributed by atoms with Crippen LogP contribution >= 0.6 is 0 Å². The van der Waals surface area contributed by atoms with Gasteiger partial charge in [0.05, 0.1) is 12.1 Å². The lowest BCUT2D eigenvalue weighted by Crippen LogP contribution is -2.49. The monoisotopic (exact) mass is 208 g/mol. The van der Waals surface area contributed by atoms with E-state index in [2.05, 4.69) is 16.3 Å². The van der Waals surface area contributed by atoms with Gasteiger partial charge in [-0.3, -0.25) is 9.69 Å². The Bertz CT molecular complexity index is 299. The molecule has 4 heteroatoms. The molecule has 4 nitrogen and oxygen atoms in total. The van der Waals surface area contributed by atoms with Gasteiger partial charge in [-0.05, 0) is 31.2 Å². The third-order valence-corrected chi connectivity index (χ3v) is 2.96. The van der Waals surface area contributed by atoms with Crippen LogP contribution in [-0.4, -0.2) is 35.2 Å². The first kappa shape index (κ1) is 10.2. The highest BCUT2D eigenvalue weighted by Crippen LogP contribution is 2.18. The molecule has 0 aromatic rings. The fraction of sp³-hybridized carbons (Fsp3) is 0.545. The number of aliphatic carboxylic acids is 1. The molecular weight excluding hydrogens is 192 g/mol. The Balaban J connectivity index is 1.95. The zero-order chi connectivity index (χ0) is 10.7. The molecule has 0 radical (unpaired) electrons. The van der Waals surface area contributed by atoms with Crippen molar-refractivity contribution in [2.45, 2.75) is 19.0 Å². The van der Waals surface area contributed by atoms with Gasteiger partial charge in [-0.1, -0.05) is 6.08 Å². The number of carbonyl (C=O) groups is 1. The van der Waals surface area contributed by atoms with Crippen LogP contribution in [0.25, 0.3) is 0 Å². The minimum atomic E-state index is -0.671. The average molecular weight is 208 g/mol. The maximum atomic E-state index is 10.9. The molecule has 15 heavy (non-hydrogen) atoms. The van der Waals surface area contributed by atoms with E-state index in [0.29, 0.717) is 6.54 Å². The second kappa shape index (κ2) is 4.49. The van der Waals surface area contributed by atoms with Crippen molar-refractivity contribution in [3.8, 4) is 0 Å². The molecule has 2 aliphatic rings. The van der Waals surface area contributed by atoms with Crippen molar-refractivity contribution in [1.29, 1.82) is 0 Å². The number of rotatable bonds is 2. The molecule has 2 heterocycles. The number of piperidine rings is 1. The first-order chi connectivity index (χ1) is 7.27. The molecule has 2 N–H and O–H groups in total. The number of allylic oxidation sites excluding steroid dienone is 2. The normalized spacial score (nSPS) is 31.2. The Morgan fingerprint density at radius 1 is 1.47 bits per heavy atom. The number of carboxylic acid groups (broad SMARTS) is 1. The van der Waals surface area contributed by atoms with Crippen molar-refractivity contribution in [3.63, 3.8) is 0 Å². The number of likely N-dealkylation sites (tertiary alicyclic amines) is 1. The van der Waals surface area contributed by atoms with Crippen molar-refractivity contribution in [2.24, 2.45) is 5.92 Å². The molecule has 1 fully saturated rings. The van der Waals surface area contributed by atoms with Crippen LogP contribution in [0.5, 0.6) is 0 Å². The largest absolute Gasteiger partial charge is 0.481 e. The van der Waals surface area contributed by atoms with Gasteiger partial charge in [0.25, 0.3) is 0 Å². The molecule has 1 unspecified atom stereocenters. The first-order valence-electron chi connectivity index (χ1n) is 5.33. The Kier molecular flexibility index (Phi) is 3.06. The van der Waals surface area contributed by atoms with Gasteiger partial charge in [-0.15, -0.1) is 0 Å². The molecular formula is C11H16N2O2. The van der Waals surface area contributed by atoms with E-state index in [-0.39, 0.29) is 12.1 Å². The van der Waals surface area contributed by atoms with E-state index in [4.69, 9.17) is 5.11 Å². The van der Waals surface area contributed by atoms with Crippen molar-refractivity contribution >= 4 is 5.97 Å². The Labute approximate surface area is 89.3 Å². The number of hydrogen-bond acceptors (Lipinski definition) is 3. The fourth-order valence-electron chi connectivity index (χ4n) is 2.12. The standard InChI is InChI=1S/C11H16N2O2/c14-11(15)9-4-3-7-13(8-9)10-5-1-2-6-12-10/h1-2,5-6,9-10,12H,3-4,7-8H2,(H,14,15)/t9-,10?/m0/s1. The summed E-state index contributed by atoms with van der Waals surface area (Å²) >= 11 is 0. The SMILES string of the molecule is O=C(O)[C@H]1CCCN(C2C=CC=CN2)C1. The predicted molar refractivity (Wildman–Crippen MR) is 57.1 cm³/mol. The van der Waals surface area contributed by atoms with Gasteiger partial charge in [-0.25, -0.2) is 0 Å². The summed E-state index contributed by atoms with van der Waals surface area (Å²) in [5.74, 6) is -0.880. The Hall–Kier alpha value is -1.29. The van der Waals surface area contributed by atoms with Crippen LogP contribution in [0.4, 0.5) is 0 Å². The van der Waals surface area contributed by atoms with Crippen molar-refractivity contribution in [1.82, 2.24) is 10.2 Å². The first-order valence-corrected chi connectivity index (χ1v) is 5.33. The van der Waals surface area contributed by atoms with Gasteiger partial charge in [-0.2, -0.15) is 0 Å². The molecule has 0 spiro atoms. The van der Waals surface area contributed by atoms with Gasteiger partial charge >= 0.3 is 5.97 Å². The molecule has 0 aliphatic carbocycles. The van der Waals surface area contributed by atoms with Gasteiger partial charge in [0.2, 0.25) is 0 Å². The van der Waals surface area contributed by atoms with E-state index >= 15 is 0 Å². The zero-order valence-corrected chi connectivity index (χ0v) is 8.60. The maximum Gasteiger partial charge on any atom is 0.307 e. The minimum absolute atomic E-state index is 0.164. The number of dihydropyridines is 1. The lowest BCUT2D eigenvalue weighted by atomic mass is 9.98. The van der Waals surface area contributed by atoms with E-state index in [1.54, 1.807) is 0 Å². The van der Waals surface area contributed by atoms with Crippen LogP contribution in [0.3, 0.4) is 0 Å². The van der Waals surface area contributed by atoms with E-state index in [1.807, 2.05) is 18.4 Å². The summed E-state index contributed by atoms with van der Waals surface area (Å²) in [6.45, 7) is 1.62. The van der Waals surface area contributed by atoms with Crippen molar-refractivity contribution in [2.75, 3.05) is 13.1 Å². The molecule has 82 valence electrons. The topological polar surface area (TPSA) is 52.6 Å². The van der Waals surface area contributed by atoms with Crippen LogP contribution in [0.15, 0.2) is 24.4 Å². The fourth-order valence-corrected chi connectivity index (χ4v) is 2.12. The quantitative estimate of drug-likeness (QED) is 0.704. The van der Waals surface area contributed by atoms with E-state index in [9.17, 15) is 4.79 Å². The van der Waals surface area contributed by atoms with E-state index in [1.165, 1.54) is 0 Å². The molecule has 0 aromatic carbocycles. The second-order valence-corrected chi connectivity index (χ2v) is 4.03. The van der Waals surface area contributed by atoms with Crippen molar-refractivity contribution < 1.29 is 9.90 Å². The predicted octanol–water partition coefficient (Wildman–Crippen LogP) is 0.782. The van der Waals surface area contributed by atoms with E-state index in [0.717, 1.165) is 19.4 Å². The third kappa shape index (κ3) is 2.39. The smallest absolute Gasteiger partial charge is 0.307 e. The molecule has 2 rings (SSSR count). The molecule has 1 saturated heterocycles. The lowest BCUT2D eigenvalue weighted by Gasteiger charge is -2.36. The van der Waals surface area contributed by atoms with Crippen LogP contribution in [0.1, 0.15) is 12.8 Å². The molecule has 0 saturated carbocycles. The van der Waals surface area contributed by atoms with Gasteiger partial charge in [0, 0.05) is 13.1 Å². The summed E-state index contributed by atoms with van der Waals surface area (Å²) in [4.78, 5) is 13.1. The molecule has 2 atom stereocenters. The summed E-state index contributed by atoms with van der Waals surface area (Å²) in [6, 6.07) is 0.